The molecule has 3 rings (SSSR count). The maximum Gasteiger partial charge on any atom is 0.315 e. The summed E-state index contributed by atoms with van der Waals surface area (Å²) in [6.45, 7) is 3.18. The van der Waals surface area contributed by atoms with E-state index >= 15 is 0 Å². The smallest absolute Gasteiger partial charge is 0.315 e. The molecule has 4 amide bonds. The summed E-state index contributed by atoms with van der Waals surface area (Å²) in [6, 6.07) is 3.88. The van der Waals surface area contributed by atoms with Crippen LogP contribution in [0.1, 0.15) is 60.0 Å². The van der Waals surface area contributed by atoms with Crippen LogP contribution in [0.25, 0.3) is 0 Å². The van der Waals surface area contributed by atoms with Gasteiger partial charge in [-0.05, 0) is 61.1 Å². The minimum Gasteiger partial charge on any atom is -0.333 e. The van der Waals surface area contributed by atoms with Crippen molar-refractivity contribution in [1.29, 1.82) is 0 Å². The van der Waals surface area contributed by atoms with Crippen LogP contribution < -0.4 is 21.3 Å². The van der Waals surface area contributed by atoms with Crippen LogP contribution in [0.15, 0.2) is 36.4 Å². The second-order valence-electron chi connectivity index (χ2n) is 9.70. The summed E-state index contributed by atoms with van der Waals surface area (Å²) in [5.41, 5.74) is 1.33. The molecule has 2 aromatic rings. The third kappa shape index (κ3) is 9.04. The molecule has 6 nitrogen and oxygen atoms in total. The molecule has 0 bridgehead atoms. The summed E-state index contributed by atoms with van der Waals surface area (Å²) in [4.78, 5) is 25.9. The lowest BCUT2D eigenvalue weighted by Crippen LogP contribution is -2.58. The average molecular weight is 679 g/mol. The van der Waals surface area contributed by atoms with E-state index in [0.717, 1.165) is 12.8 Å². The molecule has 0 radical (unpaired) electrons. The molecule has 1 aliphatic rings. The van der Waals surface area contributed by atoms with Gasteiger partial charge in [-0.1, -0.05) is 107 Å². The predicted molar refractivity (Wildman–Crippen MR) is 158 cm³/mol. The summed E-state index contributed by atoms with van der Waals surface area (Å²) in [5, 5.41) is 10.8. The van der Waals surface area contributed by atoms with E-state index < -0.39 is 55.4 Å². The lowest BCUT2D eigenvalue weighted by atomic mass is 9.90. The van der Waals surface area contributed by atoms with Gasteiger partial charge < -0.3 is 21.3 Å². The number of alkyl halides is 6. The highest BCUT2D eigenvalue weighted by Gasteiger charge is 2.38. The molecule has 1 saturated carbocycles. The first-order chi connectivity index (χ1) is 18.6. The number of aryl methyl sites for hydroxylation is 2. The van der Waals surface area contributed by atoms with Crippen LogP contribution >= 0.6 is 69.6 Å². The van der Waals surface area contributed by atoms with Crippen molar-refractivity contribution in [1.82, 2.24) is 21.3 Å². The standard InChI is InChI=1S/C26H28Cl6F2N4O2/c1-13-7-9-15(11-17(13)33)21(25(27,28)29)37-23(39)35-19-5-3-4-6-20(19)36-24(40)38-22(26(30,31)32)16-10-8-14(2)18(34)12-16/h7-12,19-22H,3-6H2,1-2H3,(H2,35,37,39)(H2,36,38,40)/t19-,20+,21+,22-. The van der Waals surface area contributed by atoms with Crippen LogP contribution in [0.3, 0.4) is 0 Å². The Kier molecular flexibility index (Phi) is 11.3. The Labute approximate surface area is 261 Å². The lowest BCUT2D eigenvalue weighted by molar-refractivity contribution is 0.210. The fourth-order valence-electron chi connectivity index (χ4n) is 4.44. The lowest BCUT2D eigenvalue weighted by Gasteiger charge is -2.35. The average Bonchev–Trinajstić information content (AvgIpc) is 2.84. The van der Waals surface area contributed by atoms with Crippen LogP contribution in [-0.2, 0) is 0 Å². The van der Waals surface area contributed by atoms with E-state index in [0.29, 0.717) is 24.0 Å². The van der Waals surface area contributed by atoms with E-state index in [1.807, 2.05) is 0 Å². The molecule has 4 N–H and O–H groups in total. The van der Waals surface area contributed by atoms with Crippen LogP contribution in [0.5, 0.6) is 0 Å². The molecule has 1 aliphatic carbocycles. The number of carbonyl (C=O) groups excluding carboxylic acids is 2. The molecule has 0 spiro atoms. The molecule has 0 aromatic heterocycles. The van der Waals surface area contributed by atoms with Crippen molar-refractivity contribution in [3.05, 3.63) is 70.3 Å². The van der Waals surface area contributed by atoms with Crippen LogP contribution in [0.4, 0.5) is 18.4 Å². The fourth-order valence-corrected chi connectivity index (χ4v) is 5.53. The topological polar surface area (TPSA) is 82.3 Å². The SMILES string of the molecule is Cc1ccc([C@@H](NC(=O)N[C@H]2CCCC[C@H]2NC(=O)N[C@@H](c2ccc(C)c(F)c2)C(Cl)(Cl)Cl)C(Cl)(Cl)Cl)cc1F. The molecule has 0 aliphatic heterocycles. The number of halogens is 8. The number of amides is 4. The minimum absolute atomic E-state index is 0.265. The van der Waals surface area contributed by atoms with Gasteiger partial charge in [-0.25, -0.2) is 18.4 Å². The molecular weight excluding hydrogens is 651 g/mol. The van der Waals surface area contributed by atoms with Crippen molar-refractivity contribution in [3.63, 3.8) is 0 Å². The summed E-state index contributed by atoms with van der Waals surface area (Å²) in [6.07, 6.45) is 2.68. The highest BCUT2D eigenvalue weighted by molar-refractivity contribution is 6.68. The van der Waals surface area contributed by atoms with Gasteiger partial charge in [0.25, 0.3) is 0 Å². The van der Waals surface area contributed by atoms with Gasteiger partial charge in [0.05, 0.1) is 12.1 Å². The maximum atomic E-state index is 14.2. The van der Waals surface area contributed by atoms with E-state index in [1.54, 1.807) is 26.0 Å². The summed E-state index contributed by atoms with van der Waals surface area (Å²) in [7, 11) is 0. The fraction of sp³-hybridized carbons (Fsp3) is 0.462. The zero-order chi connectivity index (χ0) is 29.8. The summed E-state index contributed by atoms with van der Waals surface area (Å²) in [5.74, 6) is -1.02. The van der Waals surface area contributed by atoms with Crippen molar-refractivity contribution in [2.75, 3.05) is 0 Å². The van der Waals surface area contributed by atoms with Crippen molar-refractivity contribution >= 4 is 81.7 Å². The van der Waals surface area contributed by atoms with Gasteiger partial charge in [0.2, 0.25) is 7.59 Å². The number of benzene rings is 2. The largest absolute Gasteiger partial charge is 0.333 e. The van der Waals surface area contributed by atoms with Crippen molar-refractivity contribution in [2.24, 2.45) is 0 Å². The molecule has 0 heterocycles. The Morgan fingerprint density at radius 2 is 1.07 bits per heavy atom. The van der Waals surface area contributed by atoms with E-state index in [4.69, 9.17) is 69.6 Å². The molecule has 1 fully saturated rings. The zero-order valence-electron chi connectivity index (χ0n) is 21.4. The number of carbonyl (C=O) groups is 2. The Hall–Kier alpha value is -1.42. The maximum absolute atomic E-state index is 14.2. The molecule has 4 atom stereocenters. The Morgan fingerprint density at radius 1 is 0.725 bits per heavy atom. The zero-order valence-corrected chi connectivity index (χ0v) is 26.0. The number of rotatable bonds is 6. The first-order valence-electron chi connectivity index (χ1n) is 12.4. The molecule has 40 heavy (non-hydrogen) atoms. The third-order valence-corrected chi connectivity index (χ3v) is 7.97. The normalized spacial score (nSPS) is 19.4. The molecule has 0 saturated heterocycles. The molecule has 220 valence electrons. The highest BCUT2D eigenvalue weighted by Crippen LogP contribution is 2.41. The number of hydrogen-bond donors (Lipinski definition) is 4. The van der Waals surface area contributed by atoms with Crippen molar-refractivity contribution in [3.8, 4) is 0 Å². The minimum atomic E-state index is -1.98. The Bertz CT molecular complexity index is 1130. The first-order valence-corrected chi connectivity index (χ1v) is 14.6. The van der Waals surface area contributed by atoms with Crippen molar-refractivity contribution < 1.29 is 18.4 Å². The molecule has 2 aromatic carbocycles. The quantitative estimate of drug-likeness (QED) is 0.234. The van der Waals surface area contributed by atoms with Gasteiger partial charge in [-0.15, -0.1) is 0 Å². The van der Waals surface area contributed by atoms with E-state index in [2.05, 4.69) is 21.3 Å². The number of hydrogen-bond acceptors (Lipinski definition) is 2. The van der Waals surface area contributed by atoms with E-state index in [1.165, 1.54) is 24.3 Å². The monoisotopic (exact) mass is 676 g/mol. The van der Waals surface area contributed by atoms with E-state index in [9.17, 15) is 18.4 Å². The van der Waals surface area contributed by atoms with Gasteiger partial charge in [0.15, 0.2) is 0 Å². The second-order valence-corrected chi connectivity index (χ2v) is 14.4. The number of urea groups is 2. The second kappa shape index (κ2) is 13.7. The summed E-state index contributed by atoms with van der Waals surface area (Å²) >= 11 is 36.7. The summed E-state index contributed by atoms with van der Waals surface area (Å²) < 4.78 is 24.4. The van der Waals surface area contributed by atoms with Gasteiger partial charge in [-0.3, -0.25) is 0 Å². The highest BCUT2D eigenvalue weighted by atomic mass is 35.6. The first kappa shape index (κ1) is 33.1. The third-order valence-electron chi connectivity index (χ3n) is 6.66. The Morgan fingerprint density at radius 3 is 1.38 bits per heavy atom. The molecule has 0 unspecified atom stereocenters. The van der Waals surface area contributed by atoms with Gasteiger partial charge >= 0.3 is 12.1 Å². The molecular formula is C26H28Cl6F2N4O2. The van der Waals surface area contributed by atoms with Crippen LogP contribution in [0, 0.1) is 25.5 Å². The number of nitrogens with one attached hydrogen (secondary N) is 4. The van der Waals surface area contributed by atoms with Crippen LogP contribution in [0.2, 0.25) is 0 Å². The van der Waals surface area contributed by atoms with E-state index in [-0.39, 0.29) is 11.1 Å². The van der Waals surface area contributed by atoms with Gasteiger partial charge in [-0.2, -0.15) is 0 Å². The van der Waals surface area contributed by atoms with Gasteiger partial charge in [0, 0.05) is 0 Å². The molecule has 14 heteroatoms. The predicted octanol–water partition coefficient (Wildman–Crippen LogP) is 8.01. The van der Waals surface area contributed by atoms with Gasteiger partial charge in [0.1, 0.15) is 23.7 Å². The van der Waals surface area contributed by atoms with Crippen LogP contribution in [-0.4, -0.2) is 31.7 Å². The Balaban J connectivity index is 1.70. The van der Waals surface area contributed by atoms with Crippen molar-refractivity contribution in [2.45, 2.75) is 71.3 Å².